The molecule has 0 aliphatic carbocycles. The molecular weight excluding hydrogens is 434 g/mol. The van der Waals surface area contributed by atoms with E-state index in [0.717, 1.165) is 5.56 Å². The molecule has 2 heterocycles. The lowest BCUT2D eigenvalue weighted by Crippen LogP contribution is -2.43. The van der Waals surface area contributed by atoms with Crippen molar-refractivity contribution in [3.05, 3.63) is 82.4 Å². The second kappa shape index (κ2) is 10.3. The van der Waals surface area contributed by atoms with Gasteiger partial charge in [-0.1, -0.05) is 12.1 Å². The highest BCUT2D eigenvalue weighted by atomic mass is 16.5. The number of esters is 1. The van der Waals surface area contributed by atoms with E-state index in [1.807, 2.05) is 6.07 Å². The third-order valence-electron chi connectivity index (χ3n) is 6.06. The molecule has 0 saturated heterocycles. The zero-order valence-electron chi connectivity index (χ0n) is 20.3. The van der Waals surface area contributed by atoms with Crippen molar-refractivity contribution in [3.8, 4) is 5.75 Å². The SMILES string of the molecule is COC(=O)c1c(C)c(C(=O)C(C)N(Cc2cccnc2)C(=O)c2cccc(OC)c2)c(C)n1C. The average Bonchev–Trinajstić information content (AvgIpc) is 3.09. The molecule has 0 aliphatic heterocycles. The molecule has 3 aromatic rings. The fourth-order valence-corrected chi connectivity index (χ4v) is 4.07. The van der Waals surface area contributed by atoms with Crippen LogP contribution >= 0.6 is 0 Å². The van der Waals surface area contributed by atoms with Crippen molar-refractivity contribution in [2.45, 2.75) is 33.4 Å². The number of carbonyl (C=O) groups is 3. The normalized spacial score (nSPS) is 11.6. The van der Waals surface area contributed by atoms with Gasteiger partial charge < -0.3 is 18.9 Å². The quantitative estimate of drug-likeness (QED) is 0.373. The van der Waals surface area contributed by atoms with Crippen molar-refractivity contribution in [3.63, 3.8) is 0 Å². The summed E-state index contributed by atoms with van der Waals surface area (Å²) in [4.78, 5) is 45.3. The Balaban J connectivity index is 2.05. The number of ketones is 1. The minimum Gasteiger partial charge on any atom is -0.497 e. The number of carbonyl (C=O) groups excluding carboxylic acids is 3. The van der Waals surface area contributed by atoms with Crippen LogP contribution < -0.4 is 4.74 Å². The summed E-state index contributed by atoms with van der Waals surface area (Å²) in [5.41, 5.74) is 3.07. The maximum Gasteiger partial charge on any atom is 0.354 e. The van der Waals surface area contributed by atoms with Crippen LogP contribution in [-0.4, -0.2) is 52.4 Å². The van der Waals surface area contributed by atoms with Crippen molar-refractivity contribution in [2.24, 2.45) is 7.05 Å². The first-order valence-electron chi connectivity index (χ1n) is 10.8. The van der Waals surface area contributed by atoms with E-state index >= 15 is 0 Å². The van der Waals surface area contributed by atoms with E-state index in [-0.39, 0.29) is 18.2 Å². The second-order valence-electron chi connectivity index (χ2n) is 8.05. The Hall–Kier alpha value is -3.94. The van der Waals surface area contributed by atoms with Gasteiger partial charge in [0.15, 0.2) is 5.78 Å². The minimum atomic E-state index is -0.816. The second-order valence-corrected chi connectivity index (χ2v) is 8.05. The predicted molar refractivity (Wildman–Crippen MR) is 127 cm³/mol. The number of pyridine rings is 1. The molecule has 2 aromatic heterocycles. The van der Waals surface area contributed by atoms with Crippen LogP contribution in [0.15, 0.2) is 48.8 Å². The molecule has 0 fully saturated rings. The summed E-state index contributed by atoms with van der Waals surface area (Å²) >= 11 is 0. The summed E-state index contributed by atoms with van der Waals surface area (Å²) in [7, 11) is 4.55. The molecule has 8 nitrogen and oxygen atoms in total. The van der Waals surface area contributed by atoms with Crippen LogP contribution in [0.4, 0.5) is 0 Å². The van der Waals surface area contributed by atoms with Crippen LogP contribution in [0.5, 0.6) is 5.75 Å². The highest BCUT2D eigenvalue weighted by molar-refractivity contribution is 6.07. The van der Waals surface area contributed by atoms with Crippen molar-refractivity contribution in [1.29, 1.82) is 0 Å². The van der Waals surface area contributed by atoms with Gasteiger partial charge in [0.2, 0.25) is 0 Å². The van der Waals surface area contributed by atoms with E-state index in [2.05, 4.69) is 4.98 Å². The van der Waals surface area contributed by atoms with Gasteiger partial charge in [0.1, 0.15) is 11.4 Å². The Labute approximate surface area is 199 Å². The molecule has 8 heteroatoms. The molecule has 0 spiro atoms. The number of hydrogen-bond donors (Lipinski definition) is 0. The molecule has 0 saturated carbocycles. The molecular formula is C26H29N3O5. The molecule has 0 aliphatic rings. The Morgan fingerprint density at radius 1 is 1.12 bits per heavy atom. The zero-order valence-corrected chi connectivity index (χ0v) is 20.3. The molecule has 1 amide bonds. The van der Waals surface area contributed by atoms with Gasteiger partial charge in [-0.3, -0.25) is 14.6 Å². The molecule has 3 rings (SSSR count). The first-order chi connectivity index (χ1) is 16.2. The summed E-state index contributed by atoms with van der Waals surface area (Å²) in [5.74, 6) is -0.554. The van der Waals surface area contributed by atoms with Crippen LogP contribution in [0, 0.1) is 13.8 Å². The number of Topliss-reactive ketones (excluding diaryl/α,β-unsaturated/α-hetero) is 1. The van der Waals surface area contributed by atoms with Crippen LogP contribution in [0.3, 0.4) is 0 Å². The maximum absolute atomic E-state index is 13.8. The number of hydrogen-bond acceptors (Lipinski definition) is 6. The smallest absolute Gasteiger partial charge is 0.354 e. The van der Waals surface area contributed by atoms with Gasteiger partial charge in [-0.05, 0) is 56.2 Å². The lowest BCUT2D eigenvalue weighted by molar-refractivity contribution is 0.0587. The van der Waals surface area contributed by atoms with Crippen molar-refractivity contribution < 1.29 is 23.9 Å². The summed E-state index contributed by atoms with van der Waals surface area (Å²) < 4.78 is 11.8. The number of amides is 1. The average molecular weight is 464 g/mol. The summed E-state index contributed by atoms with van der Waals surface area (Å²) in [6.45, 7) is 5.37. The lowest BCUT2D eigenvalue weighted by Gasteiger charge is -2.29. The van der Waals surface area contributed by atoms with E-state index in [4.69, 9.17) is 9.47 Å². The molecule has 1 unspecified atom stereocenters. The number of methoxy groups -OCH3 is 2. The highest BCUT2D eigenvalue weighted by Gasteiger charge is 2.33. The van der Waals surface area contributed by atoms with E-state index in [1.165, 1.54) is 19.1 Å². The fraction of sp³-hybridized carbons (Fsp3) is 0.308. The highest BCUT2D eigenvalue weighted by Crippen LogP contribution is 2.26. The van der Waals surface area contributed by atoms with E-state index in [9.17, 15) is 14.4 Å². The summed E-state index contributed by atoms with van der Waals surface area (Å²) in [6, 6.07) is 9.63. The van der Waals surface area contributed by atoms with Gasteiger partial charge >= 0.3 is 5.97 Å². The van der Waals surface area contributed by atoms with E-state index < -0.39 is 12.0 Å². The van der Waals surface area contributed by atoms with Crippen molar-refractivity contribution in [1.82, 2.24) is 14.5 Å². The third-order valence-corrected chi connectivity index (χ3v) is 6.06. The number of benzene rings is 1. The Morgan fingerprint density at radius 2 is 1.85 bits per heavy atom. The number of aromatic nitrogens is 2. The fourth-order valence-electron chi connectivity index (χ4n) is 4.07. The number of rotatable bonds is 8. The molecule has 0 radical (unpaired) electrons. The topological polar surface area (TPSA) is 90.7 Å². The molecule has 1 aromatic carbocycles. The van der Waals surface area contributed by atoms with Crippen molar-refractivity contribution in [2.75, 3.05) is 14.2 Å². The first kappa shape index (κ1) is 24.7. The maximum atomic E-state index is 13.8. The van der Waals surface area contributed by atoms with E-state index in [0.29, 0.717) is 33.8 Å². The standard InChI is InChI=1S/C26H29N3O5/c1-16-22(17(2)28(4)23(16)26(32)34-6)24(30)18(3)29(15-19-9-8-12-27-14-19)25(31)20-10-7-11-21(13-20)33-5/h7-14,18H,15H2,1-6H3. The molecule has 0 bridgehead atoms. The van der Waals surface area contributed by atoms with Crippen LogP contribution in [-0.2, 0) is 18.3 Å². The molecule has 1 atom stereocenters. The van der Waals surface area contributed by atoms with Crippen molar-refractivity contribution >= 4 is 17.7 Å². The minimum absolute atomic E-state index is 0.186. The predicted octanol–water partition coefficient (Wildman–Crippen LogP) is 3.75. The van der Waals surface area contributed by atoms with Crippen LogP contribution in [0.25, 0.3) is 0 Å². The summed E-state index contributed by atoms with van der Waals surface area (Å²) in [5, 5.41) is 0. The van der Waals surface area contributed by atoms with Gasteiger partial charge in [0.25, 0.3) is 5.91 Å². The first-order valence-corrected chi connectivity index (χ1v) is 10.8. The zero-order chi connectivity index (χ0) is 25.0. The molecule has 34 heavy (non-hydrogen) atoms. The van der Waals surface area contributed by atoms with Crippen LogP contribution in [0.2, 0.25) is 0 Å². The summed E-state index contributed by atoms with van der Waals surface area (Å²) in [6.07, 6.45) is 3.31. The van der Waals surface area contributed by atoms with E-state index in [1.54, 1.807) is 75.1 Å². The van der Waals surface area contributed by atoms with Gasteiger partial charge in [0, 0.05) is 42.8 Å². The van der Waals surface area contributed by atoms with Gasteiger partial charge in [0.05, 0.1) is 20.3 Å². The third kappa shape index (κ3) is 4.71. The Kier molecular flexibility index (Phi) is 7.50. The van der Waals surface area contributed by atoms with Gasteiger partial charge in [-0.15, -0.1) is 0 Å². The monoisotopic (exact) mass is 463 g/mol. The Morgan fingerprint density at radius 3 is 2.47 bits per heavy atom. The van der Waals surface area contributed by atoms with Crippen LogP contribution in [0.1, 0.15) is 54.9 Å². The lowest BCUT2D eigenvalue weighted by atomic mass is 9.98. The largest absolute Gasteiger partial charge is 0.497 e. The number of ether oxygens (including phenoxy) is 2. The van der Waals surface area contributed by atoms with Gasteiger partial charge in [-0.25, -0.2) is 4.79 Å². The molecule has 178 valence electrons. The van der Waals surface area contributed by atoms with Gasteiger partial charge in [-0.2, -0.15) is 0 Å². The Bertz CT molecular complexity index is 1220. The molecule has 0 N–H and O–H groups in total. The number of nitrogens with zero attached hydrogens (tertiary/aromatic N) is 3.